The van der Waals surface area contributed by atoms with E-state index in [9.17, 15) is 18.4 Å². The van der Waals surface area contributed by atoms with Crippen molar-refractivity contribution in [2.75, 3.05) is 13.6 Å². The summed E-state index contributed by atoms with van der Waals surface area (Å²) in [5.74, 6) is -1.78. The number of ether oxygens (including phenoxy) is 1. The van der Waals surface area contributed by atoms with Crippen LogP contribution in [0.2, 0.25) is 0 Å². The van der Waals surface area contributed by atoms with Crippen LogP contribution in [-0.4, -0.2) is 36.6 Å². The minimum Gasteiger partial charge on any atom is -0.463 e. The third-order valence-corrected chi connectivity index (χ3v) is 2.74. The van der Waals surface area contributed by atoms with Crippen LogP contribution in [0.5, 0.6) is 0 Å². The van der Waals surface area contributed by atoms with E-state index in [2.05, 4.69) is 5.32 Å². The maximum atomic E-state index is 13.5. The Morgan fingerprint density at radius 2 is 2.00 bits per heavy atom. The number of amides is 2. The first kappa shape index (κ1) is 17.9. The van der Waals surface area contributed by atoms with Gasteiger partial charge in [0, 0.05) is 31.8 Å². The summed E-state index contributed by atoms with van der Waals surface area (Å²) in [4.78, 5) is 24.3. The van der Waals surface area contributed by atoms with Crippen LogP contribution >= 0.6 is 0 Å². The summed E-state index contributed by atoms with van der Waals surface area (Å²) in [6.07, 6.45) is -0.143. The number of hydrogen-bond acceptors (Lipinski definition) is 3. The lowest BCUT2D eigenvalue weighted by Crippen LogP contribution is -2.38. The average molecular weight is 314 g/mol. The van der Waals surface area contributed by atoms with Gasteiger partial charge < -0.3 is 15.0 Å². The van der Waals surface area contributed by atoms with Gasteiger partial charge in [-0.25, -0.2) is 13.6 Å². The zero-order chi connectivity index (χ0) is 16.7. The Bertz CT molecular complexity index is 536. The number of rotatable bonds is 6. The van der Waals surface area contributed by atoms with E-state index in [0.29, 0.717) is 0 Å². The first-order valence-corrected chi connectivity index (χ1v) is 6.92. The Kier molecular flexibility index (Phi) is 6.75. The Morgan fingerprint density at radius 1 is 1.32 bits per heavy atom. The summed E-state index contributed by atoms with van der Waals surface area (Å²) in [5, 5.41) is 2.53. The van der Waals surface area contributed by atoms with E-state index in [1.807, 2.05) is 0 Å². The van der Waals surface area contributed by atoms with E-state index < -0.39 is 23.6 Å². The van der Waals surface area contributed by atoms with Crippen LogP contribution in [-0.2, 0) is 16.1 Å². The largest absolute Gasteiger partial charge is 0.463 e. The molecular formula is C15H20F2N2O3. The Labute approximate surface area is 128 Å². The first-order valence-electron chi connectivity index (χ1n) is 6.92. The lowest BCUT2D eigenvalue weighted by Gasteiger charge is -2.18. The predicted molar refractivity (Wildman–Crippen MR) is 77.1 cm³/mol. The maximum absolute atomic E-state index is 13.5. The Hall–Kier alpha value is -2.18. The number of nitrogens with zero attached hydrogens (tertiary/aromatic N) is 1. The lowest BCUT2D eigenvalue weighted by molar-refractivity contribution is -0.147. The molecule has 22 heavy (non-hydrogen) atoms. The first-order chi connectivity index (χ1) is 10.3. The van der Waals surface area contributed by atoms with Gasteiger partial charge in [0.15, 0.2) is 0 Å². The molecule has 0 aliphatic heterocycles. The molecule has 0 aliphatic carbocycles. The van der Waals surface area contributed by atoms with Gasteiger partial charge in [-0.15, -0.1) is 0 Å². The molecule has 1 rings (SSSR count). The number of esters is 1. The fourth-order valence-electron chi connectivity index (χ4n) is 1.71. The lowest BCUT2D eigenvalue weighted by atomic mass is 10.2. The van der Waals surface area contributed by atoms with Crippen LogP contribution in [0.15, 0.2) is 18.2 Å². The van der Waals surface area contributed by atoms with E-state index in [1.54, 1.807) is 13.8 Å². The number of urea groups is 1. The van der Waals surface area contributed by atoms with Crippen molar-refractivity contribution in [3.8, 4) is 0 Å². The van der Waals surface area contributed by atoms with Gasteiger partial charge in [0.25, 0.3) is 0 Å². The van der Waals surface area contributed by atoms with E-state index >= 15 is 0 Å². The van der Waals surface area contributed by atoms with Gasteiger partial charge in [0.05, 0.1) is 12.5 Å². The number of benzene rings is 1. The van der Waals surface area contributed by atoms with E-state index in [-0.39, 0.29) is 31.2 Å². The van der Waals surface area contributed by atoms with E-state index in [4.69, 9.17) is 4.74 Å². The molecule has 0 heterocycles. The Morgan fingerprint density at radius 3 is 2.59 bits per heavy atom. The fraction of sp³-hybridized carbons (Fsp3) is 0.467. The molecule has 7 heteroatoms. The summed E-state index contributed by atoms with van der Waals surface area (Å²) in [5.41, 5.74) is 0.207. The fourth-order valence-corrected chi connectivity index (χ4v) is 1.71. The van der Waals surface area contributed by atoms with Crippen molar-refractivity contribution in [2.45, 2.75) is 32.9 Å². The molecule has 1 aromatic carbocycles. The van der Waals surface area contributed by atoms with Crippen LogP contribution < -0.4 is 5.32 Å². The number of carbonyl (C=O) groups excluding carboxylic acids is 2. The molecule has 0 saturated heterocycles. The van der Waals surface area contributed by atoms with Crippen LogP contribution in [0.3, 0.4) is 0 Å². The molecule has 122 valence electrons. The van der Waals surface area contributed by atoms with Crippen molar-refractivity contribution in [1.82, 2.24) is 10.2 Å². The summed E-state index contributed by atoms with van der Waals surface area (Å²) >= 11 is 0. The van der Waals surface area contributed by atoms with Gasteiger partial charge in [-0.3, -0.25) is 4.79 Å². The molecule has 0 bridgehead atoms. The topological polar surface area (TPSA) is 58.6 Å². The minimum absolute atomic E-state index is 0.00557. The number of hydrogen-bond donors (Lipinski definition) is 1. The second kappa shape index (κ2) is 8.31. The van der Waals surface area contributed by atoms with Crippen molar-refractivity contribution in [1.29, 1.82) is 0 Å². The van der Waals surface area contributed by atoms with E-state index in [1.165, 1.54) is 18.0 Å². The third-order valence-electron chi connectivity index (χ3n) is 2.74. The monoisotopic (exact) mass is 314 g/mol. The van der Waals surface area contributed by atoms with Crippen LogP contribution in [0.25, 0.3) is 0 Å². The minimum atomic E-state index is -0.708. The average Bonchev–Trinajstić information content (AvgIpc) is 2.40. The molecule has 0 aliphatic rings. The highest BCUT2D eigenvalue weighted by molar-refractivity contribution is 5.75. The van der Waals surface area contributed by atoms with Gasteiger partial charge in [0.2, 0.25) is 0 Å². The summed E-state index contributed by atoms with van der Waals surface area (Å²) < 4.78 is 31.2. The van der Waals surface area contributed by atoms with Crippen molar-refractivity contribution < 1.29 is 23.1 Å². The molecule has 0 atom stereocenters. The molecule has 0 unspecified atom stereocenters. The smallest absolute Gasteiger partial charge is 0.317 e. The molecular weight excluding hydrogens is 294 g/mol. The molecule has 0 saturated carbocycles. The molecule has 1 N–H and O–H groups in total. The molecule has 0 aromatic heterocycles. The molecule has 0 spiro atoms. The molecule has 5 nitrogen and oxygen atoms in total. The van der Waals surface area contributed by atoms with Gasteiger partial charge in [-0.1, -0.05) is 6.07 Å². The Balaban J connectivity index is 2.40. The number of carbonyl (C=O) groups is 2. The molecule has 1 aromatic rings. The highest BCUT2D eigenvalue weighted by Crippen LogP contribution is 2.11. The SMILES string of the molecule is CC(C)OC(=O)CCNC(=O)N(C)Cc1ccc(F)cc1F. The number of halogens is 2. The standard InChI is InChI=1S/C15H20F2N2O3/c1-10(2)22-14(20)6-7-18-15(21)19(3)9-11-4-5-12(16)8-13(11)17/h4-5,8,10H,6-7,9H2,1-3H3,(H,18,21). The van der Waals surface area contributed by atoms with Crippen LogP contribution in [0, 0.1) is 11.6 Å². The normalized spacial score (nSPS) is 10.5. The van der Waals surface area contributed by atoms with Crippen molar-refractivity contribution >= 4 is 12.0 Å². The molecule has 0 radical (unpaired) electrons. The highest BCUT2D eigenvalue weighted by atomic mass is 19.1. The van der Waals surface area contributed by atoms with Crippen molar-refractivity contribution in [3.05, 3.63) is 35.4 Å². The van der Waals surface area contributed by atoms with Gasteiger partial charge in [-0.2, -0.15) is 0 Å². The number of nitrogens with one attached hydrogen (secondary N) is 1. The second-order valence-corrected chi connectivity index (χ2v) is 5.11. The van der Waals surface area contributed by atoms with Gasteiger partial charge in [0.1, 0.15) is 11.6 Å². The quantitative estimate of drug-likeness (QED) is 0.821. The van der Waals surface area contributed by atoms with Crippen LogP contribution in [0.1, 0.15) is 25.8 Å². The van der Waals surface area contributed by atoms with Gasteiger partial charge >= 0.3 is 12.0 Å². The summed E-state index contributed by atoms with van der Waals surface area (Å²) in [6.45, 7) is 3.60. The highest BCUT2D eigenvalue weighted by Gasteiger charge is 2.13. The van der Waals surface area contributed by atoms with Crippen molar-refractivity contribution in [3.63, 3.8) is 0 Å². The molecule has 2 amide bonds. The molecule has 0 fully saturated rings. The second-order valence-electron chi connectivity index (χ2n) is 5.11. The predicted octanol–water partition coefficient (Wildman–Crippen LogP) is 2.45. The summed E-state index contributed by atoms with van der Waals surface area (Å²) in [7, 11) is 1.48. The maximum Gasteiger partial charge on any atom is 0.317 e. The van der Waals surface area contributed by atoms with Crippen molar-refractivity contribution in [2.24, 2.45) is 0 Å². The van der Waals surface area contributed by atoms with E-state index in [0.717, 1.165) is 12.1 Å². The summed E-state index contributed by atoms with van der Waals surface area (Å²) in [6, 6.07) is 2.73. The van der Waals surface area contributed by atoms with Gasteiger partial charge in [-0.05, 0) is 19.9 Å². The zero-order valence-electron chi connectivity index (χ0n) is 12.9. The van der Waals surface area contributed by atoms with Crippen LogP contribution in [0.4, 0.5) is 13.6 Å². The zero-order valence-corrected chi connectivity index (χ0v) is 12.9. The third kappa shape index (κ3) is 6.07.